The highest BCUT2D eigenvalue weighted by molar-refractivity contribution is 7.89. The molecule has 1 aliphatic rings. The van der Waals surface area contributed by atoms with E-state index in [9.17, 15) is 13.2 Å². The summed E-state index contributed by atoms with van der Waals surface area (Å²) >= 11 is 6.13. The Kier molecular flexibility index (Phi) is 6.90. The number of hydrogen-bond donors (Lipinski definition) is 1. The van der Waals surface area contributed by atoms with E-state index in [0.29, 0.717) is 35.8 Å². The standard InChI is InChI=1S/C21H25ClN2O5S/c1-14-17(22)7-4-8-18(14)23-21(25)15-6-5-11-24(13-15)30(26,27)20-12-16(28-2)9-10-19(20)29-3/h4,7-10,12,15H,5-6,11,13H2,1-3H3,(H,23,25)/t15-/m1/s1. The Balaban J connectivity index is 1.81. The number of ether oxygens (including phenoxy) is 2. The van der Waals surface area contributed by atoms with Gasteiger partial charge in [-0.25, -0.2) is 8.42 Å². The van der Waals surface area contributed by atoms with E-state index in [-0.39, 0.29) is 23.1 Å². The van der Waals surface area contributed by atoms with Crippen molar-refractivity contribution in [1.29, 1.82) is 0 Å². The van der Waals surface area contributed by atoms with Gasteiger partial charge in [-0.2, -0.15) is 4.31 Å². The summed E-state index contributed by atoms with van der Waals surface area (Å²) in [6, 6.07) is 9.92. The number of sulfonamides is 1. The number of anilines is 1. The lowest BCUT2D eigenvalue weighted by atomic mass is 9.98. The first-order valence-electron chi connectivity index (χ1n) is 9.56. The lowest BCUT2D eigenvalue weighted by Crippen LogP contribution is -2.43. The summed E-state index contributed by atoms with van der Waals surface area (Å²) in [6.07, 6.45) is 1.19. The van der Waals surface area contributed by atoms with Gasteiger partial charge in [0.1, 0.15) is 16.4 Å². The molecule has 3 rings (SSSR count). The fourth-order valence-electron chi connectivity index (χ4n) is 3.48. The molecule has 2 aromatic carbocycles. The third-order valence-corrected chi connectivity index (χ3v) is 7.56. The van der Waals surface area contributed by atoms with Crippen LogP contribution >= 0.6 is 11.6 Å². The van der Waals surface area contributed by atoms with Crippen LogP contribution in [0, 0.1) is 12.8 Å². The van der Waals surface area contributed by atoms with Crippen LogP contribution < -0.4 is 14.8 Å². The fourth-order valence-corrected chi connectivity index (χ4v) is 5.35. The van der Waals surface area contributed by atoms with Gasteiger partial charge in [0.25, 0.3) is 0 Å². The van der Waals surface area contributed by atoms with Crippen LogP contribution in [-0.4, -0.2) is 45.9 Å². The molecule has 0 unspecified atom stereocenters. The topological polar surface area (TPSA) is 84.9 Å². The highest BCUT2D eigenvalue weighted by Crippen LogP contribution is 2.33. The largest absolute Gasteiger partial charge is 0.497 e. The Morgan fingerprint density at radius 2 is 1.97 bits per heavy atom. The van der Waals surface area contributed by atoms with Crippen molar-refractivity contribution in [1.82, 2.24) is 4.31 Å². The van der Waals surface area contributed by atoms with Crippen molar-refractivity contribution in [3.63, 3.8) is 0 Å². The second-order valence-electron chi connectivity index (χ2n) is 7.12. The minimum absolute atomic E-state index is 0.0242. The number of nitrogens with one attached hydrogen (secondary N) is 1. The molecule has 0 spiro atoms. The molecule has 1 N–H and O–H groups in total. The molecule has 162 valence electrons. The molecule has 0 aliphatic carbocycles. The van der Waals surface area contributed by atoms with Gasteiger partial charge in [0.2, 0.25) is 15.9 Å². The van der Waals surface area contributed by atoms with Crippen LogP contribution in [0.25, 0.3) is 0 Å². The maximum absolute atomic E-state index is 13.3. The monoisotopic (exact) mass is 452 g/mol. The van der Waals surface area contributed by atoms with Gasteiger partial charge in [0.15, 0.2) is 0 Å². The highest BCUT2D eigenvalue weighted by atomic mass is 35.5. The average molecular weight is 453 g/mol. The Morgan fingerprint density at radius 3 is 2.67 bits per heavy atom. The van der Waals surface area contributed by atoms with Crippen molar-refractivity contribution in [3.8, 4) is 11.5 Å². The summed E-state index contributed by atoms with van der Waals surface area (Å²) in [4.78, 5) is 12.9. The van der Waals surface area contributed by atoms with Gasteiger partial charge in [-0.05, 0) is 49.6 Å². The van der Waals surface area contributed by atoms with Crippen LogP contribution in [0.4, 0.5) is 5.69 Å². The summed E-state index contributed by atoms with van der Waals surface area (Å²) < 4.78 is 38.4. The lowest BCUT2D eigenvalue weighted by molar-refractivity contribution is -0.120. The molecular formula is C21H25ClN2O5S. The molecule has 0 saturated carbocycles. The summed E-state index contributed by atoms with van der Waals surface area (Å²) in [7, 11) is -0.978. The van der Waals surface area contributed by atoms with Crippen LogP contribution in [0.1, 0.15) is 18.4 Å². The van der Waals surface area contributed by atoms with Gasteiger partial charge >= 0.3 is 0 Å². The van der Waals surface area contributed by atoms with Gasteiger partial charge in [-0.1, -0.05) is 17.7 Å². The van der Waals surface area contributed by atoms with Crippen molar-refractivity contribution >= 4 is 33.2 Å². The van der Waals surface area contributed by atoms with E-state index in [2.05, 4.69) is 5.32 Å². The van der Waals surface area contributed by atoms with Crippen LogP contribution in [0.2, 0.25) is 5.02 Å². The van der Waals surface area contributed by atoms with Gasteiger partial charge in [-0.3, -0.25) is 4.79 Å². The number of carbonyl (C=O) groups is 1. The molecule has 2 aromatic rings. The van der Waals surface area contributed by atoms with Crippen LogP contribution in [0.3, 0.4) is 0 Å². The molecule has 1 atom stereocenters. The van der Waals surface area contributed by atoms with Crippen LogP contribution in [0.15, 0.2) is 41.3 Å². The molecule has 1 fully saturated rings. The Hall–Kier alpha value is -2.29. The molecule has 1 heterocycles. The molecule has 1 amide bonds. The van der Waals surface area contributed by atoms with E-state index in [1.165, 1.54) is 24.6 Å². The first kappa shape index (κ1) is 22.4. The normalized spacial score (nSPS) is 17.4. The number of rotatable bonds is 6. The second-order valence-corrected chi connectivity index (χ2v) is 9.43. The van der Waals surface area contributed by atoms with Gasteiger partial charge < -0.3 is 14.8 Å². The fraction of sp³-hybridized carbons (Fsp3) is 0.381. The van der Waals surface area contributed by atoms with Gasteiger partial charge in [0.05, 0.1) is 20.1 Å². The van der Waals surface area contributed by atoms with E-state index in [4.69, 9.17) is 21.1 Å². The highest BCUT2D eigenvalue weighted by Gasteiger charge is 2.35. The van der Waals surface area contributed by atoms with Crippen molar-refractivity contribution in [3.05, 3.63) is 47.0 Å². The van der Waals surface area contributed by atoms with E-state index >= 15 is 0 Å². The third-order valence-electron chi connectivity index (χ3n) is 5.27. The Morgan fingerprint density at radius 1 is 1.20 bits per heavy atom. The van der Waals surface area contributed by atoms with Crippen LogP contribution in [-0.2, 0) is 14.8 Å². The molecule has 9 heteroatoms. The van der Waals surface area contributed by atoms with E-state index < -0.39 is 15.9 Å². The average Bonchev–Trinajstić information content (AvgIpc) is 2.76. The number of halogens is 1. The summed E-state index contributed by atoms with van der Waals surface area (Å²) in [5.74, 6) is -0.0459. The molecule has 0 aromatic heterocycles. The zero-order valence-electron chi connectivity index (χ0n) is 17.1. The second kappa shape index (κ2) is 9.24. The van der Waals surface area contributed by atoms with Crippen molar-refractivity contribution in [2.45, 2.75) is 24.7 Å². The number of hydrogen-bond acceptors (Lipinski definition) is 5. The quantitative estimate of drug-likeness (QED) is 0.722. The summed E-state index contributed by atoms with van der Waals surface area (Å²) in [6.45, 7) is 2.25. The summed E-state index contributed by atoms with van der Waals surface area (Å²) in [5, 5.41) is 3.44. The molecule has 30 heavy (non-hydrogen) atoms. The molecular weight excluding hydrogens is 428 g/mol. The molecule has 0 bridgehead atoms. The lowest BCUT2D eigenvalue weighted by Gasteiger charge is -2.31. The van der Waals surface area contributed by atoms with Crippen molar-refractivity contribution in [2.24, 2.45) is 5.92 Å². The first-order valence-corrected chi connectivity index (χ1v) is 11.4. The predicted octanol–water partition coefficient (Wildman–Crippen LogP) is 3.71. The first-order chi connectivity index (χ1) is 14.3. The van der Waals surface area contributed by atoms with E-state index in [1.807, 2.05) is 6.92 Å². The maximum Gasteiger partial charge on any atom is 0.246 e. The molecule has 1 saturated heterocycles. The number of amides is 1. The minimum atomic E-state index is -3.86. The van der Waals surface area contributed by atoms with Gasteiger partial charge in [-0.15, -0.1) is 0 Å². The molecule has 1 aliphatic heterocycles. The Bertz CT molecular complexity index is 1040. The number of piperidine rings is 1. The van der Waals surface area contributed by atoms with Crippen molar-refractivity contribution < 1.29 is 22.7 Å². The predicted molar refractivity (Wildman–Crippen MR) is 116 cm³/mol. The Labute approximate surface area is 182 Å². The number of methoxy groups -OCH3 is 2. The number of benzene rings is 2. The number of carbonyl (C=O) groups excluding carboxylic acids is 1. The van der Waals surface area contributed by atoms with E-state index in [0.717, 1.165) is 5.56 Å². The molecule has 7 nitrogen and oxygen atoms in total. The van der Waals surface area contributed by atoms with Gasteiger partial charge in [0, 0.05) is 29.9 Å². The van der Waals surface area contributed by atoms with Crippen molar-refractivity contribution in [2.75, 3.05) is 32.6 Å². The number of nitrogens with zero attached hydrogens (tertiary/aromatic N) is 1. The zero-order valence-corrected chi connectivity index (χ0v) is 18.7. The third kappa shape index (κ3) is 4.55. The maximum atomic E-state index is 13.3. The minimum Gasteiger partial charge on any atom is -0.497 e. The SMILES string of the molecule is COc1ccc(OC)c(S(=O)(=O)N2CCC[C@@H](C(=O)Nc3cccc(Cl)c3C)C2)c1. The molecule has 0 radical (unpaired) electrons. The smallest absolute Gasteiger partial charge is 0.246 e. The summed E-state index contributed by atoms with van der Waals surface area (Å²) in [5.41, 5.74) is 1.40. The van der Waals surface area contributed by atoms with Crippen LogP contribution in [0.5, 0.6) is 11.5 Å². The zero-order chi connectivity index (χ0) is 21.9. The van der Waals surface area contributed by atoms with E-state index in [1.54, 1.807) is 30.3 Å².